The zero-order valence-electron chi connectivity index (χ0n) is 16.1. The average Bonchev–Trinajstić information content (AvgIpc) is 3.02. The van der Waals surface area contributed by atoms with E-state index in [1.807, 2.05) is 71.6 Å². The second-order valence-electron chi connectivity index (χ2n) is 6.91. The van der Waals surface area contributed by atoms with Gasteiger partial charge in [-0.25, -0.2) is 4.52 Å². The number of nitrogens with zero attached hydrogens (tertiary/aromatic N) is 3. The number of nitrogens with one attached hydrogen (secondary N) is 1. The van der Waals surface area contributed by atoms with Crippen molar-refractivity contribution in [1.82, 2.24) is 14.2 Å². The molecule has 28 heavy (non-hydrogen) atoms. The van der Waals surface area contributed by atoms with E-state index in [9.17, 15) is 9.59 Å². The van der Waals surface area contributed by atoms with Crippen LogP contribution >= 0.6 is 0 Å². The summed E-state index contributed by atoms with van der Waals surface area (Å²) in [5.41, 5.74) is 3.79. The van der Waals surface area contributed by atoms with Crippen LogP contribution in [0.5, 0.6) is 0 Å². The first-order chi connectivity index (χ1) is 13.5. The third-order valence-corrected chi connectivity index (χ3v) is 5.09. The van der Waals surface area contributed by atoms with E-state index < -0.39 is 6.04 Å². The molecule has 0 bridgehead atoms. The SMILES string of the molecule is CCc1ccccc1NC(=O)[C@@H](C)n1c2ccccc2c2nc(=O)cc(C)n21. The van der Waals surface area contributed by atoms with E-state index in [1.165, 1.54) is 6.07 Å². The van der Waals surface area contributed by atoms with Crippen LogP contribution in [0, 0.1) is 6.92 Å². The van der Waals surface area contributed by atoms with Crippen LogP contribution in [0.15, 0.2) is 59.4 Å². The number of hydrogen-bond donors (Lipinski definition) is 1. The molecule has 0 saturated heterocycles. The van der Waals surface area contributed by atoms with Crippen molar-refractivity contribution in [2.24, 2.45) is 0 Å². The standard InChI is InChI=1S/C22H22N4O2/c1-4-16-9-5-7-11-18(16)23-22(28)15(3)26-19-12-8-6-10-17(19)21-24-20(27)13-14(2)25(21)26/h5-13,15H,4H2,1-3H3,(H,23,28)/t15-/m1/s1. The van der Waals surface area contributed by atoms with Gasteiger partial charge in [-0.1, -0.05) is 37.3 Å². The van der Waals surface area contributed by atoms with Gasteiger partial charge in [-0.3, -0.25) is 14.3 Å². The second-order valence-corrected chi connectivity index (χ2v) is 6.91. The maximum Gasteiger partial charge on any atom is 0.273 e. The third-order valence-electron chi connectivity index (χ3n) is 5.09. The highest BCUT2D eigenvalue weighted by Crippen LogP contribution is 2.26. The van der Waals surface area contributed by atoms with E-state index in [-0.39, 0.29) is 11.5 Å². The number of benzene rings is 2. The smallest absolute Gasteiger partial charge is 0.273 e. The normalized spacial score (nSPS) is 12.4. The molecule has 2 aromatic heterocycles. The summed E-state index contributed by atoms with van der Waals surface area (Å²) in [6.45, 7) is 5.77. The van der Waals surface area contributed by atoms with Crippen LogP contribution in [0.3, 0.4) is 0 Å². The molecule has 0 spiro atoms. The monoisotopic (exact) mass is 374 g/mol. The highest BCUT2D eigenvalue weighted by molar-refractivity contribution is 5.97. The van der Waals surface area contributed by atoms with Crippen LogP contribution < -0.4 is 10.9 Å². The van der Waals surface area contributed by atoms with Gasteiger partial charge in [-0.05, 0) is 44.0 Å². The highest BCUT2D eigenvalue weighted by Gasteiger charge is 2.22. The molecule has 6 nitrogen and oxygen atoms in total. The Morgan fingerprint density at radius 2 is 1.86 bits per heavy atom. The Labute approximate surface area is 162 Å². The van der Waals surface area contributed by atoms with Gasteiger partial charge in [0.05, 0.1) is 5.52 Å². The fraction of sp³-hybridized carbons (Fsp3) is 0.227. The quantitative estimate of drug-likeness (QED) is 0.592. The molecular formula is C22H22N4O2. The molecule has 0 unspecified atom stereocenters. The fourth-order valence-corrected chi connectivity index (χ4v) is 3.69. The number of aromatic nitrogens is 3. The molecule has 1 atom stereocenters. The largest absolute Gasteiger partial charge is 0.324 e. The first-order valence-corrected chi connectivity index (χ1v) is 9.39. The van der Waals surface area contributed by atoms with Crippen LogP contribution in [0.2, 0.25) is 0 Å². The summed E-state index contributed by atoms with van der Waals surface area (Å²) in [7, 11) is 0. The summed E-state index contributed by atoms with van der Waals surface area (Å²) in [6.07, 6.45) is 0.838. The van der Waals surface area contributed by atoms with Crippen molar-refractivity contribution in [2.75, 3.05) is 5.32 Å². The molecule has 1 amide bonds. The lowest BCUT2D eigenvalue weighted by Gasteiger charge is -2.19. The van der Waals surface area contributed by atoms with E-state index >= 15 is 0 Å². The predicted molar refractivity (Wildman–Crippen MR) is 111 cm³/mol. The van der Waals surface area contributed by atoms with Crippen LogP contribution in [-0.2, 0) is 11.2 Å². The van der Waals surface area contributed by atoms with E-state index in [0.29, 0.717) is 5.65 Å². The third kappa shape index (κ3) is 2.87. The van der Waals surface area contributed by atoms with Crippen molar-refractivity contribution in [1.29, 1.82) is 0 Å². The van der Waals surface area contributed by atoms with Crippen molar-refractivity contribution >= 4 is 28.1 Å². The van der Waals surface area contributed by atoms with Gasteiger partial charge in [-0.15, -0.1) is 0 Å². The van der Waals surface area contributed by atoms with Gasteiger partial charge in [0.25, 0.3) is 5.56 Å². The summed E-state index contributed by atoms with van der Waals surface area (Å²) >= 11 is 0. The highest BCUT2D eigenvalue weighted by atomic mass is 16.2. The maximum absolute atomic E-state index is 13.1. The van der Waals surface area contributed by atoms with Gasteiger partial charge >= 0.3 is 0 Å². The summed E-state index contributed by atoms with van der Waals surface area (Å²) < 4.78 is 3.75. The molecule has 2 heterocycles. The number of rotatable bonds is 4. The fourth-order valence-electron chi connectivity index (χ4n) is 3.69. The number of amides is 1. The van der Waals surface area contributed by atoms with E-state index in [0.717, 1.165) is 34.3 Å². The average molecular weight is 374 g/mol. The molecule has 0 aliphatic carbocycles. The lowest BCUT2D eigenvalue weighted by molar-refractivity contribution is -0.119. The Morgan fingerprint density at radius 1 is 1.14 bits per heavy atom. The van der Waals surface area contributed by atoms with Gasteiger partial charge in [0.2, 0.25) is 5.91 Å². The summed E-state index contributed by atoms with van der Waals surface area (Å²) in [4.78, 5) is 29.3. The molecule has 0 fully saturated rings. The van der Waals surface area contributed by atoms with Crippen molar-refractivity contribution in [3.05, 3.63) is 76.2 Å². The first-order valence-electron chi connectivity index (χ1n) is 9.39. The zero-order chi connectivity index (χ0) is 19.8. The lowest BCUT2D eigenvalue weighted by Crippen LogP contribution is -2.27. The second kappa shape index (κ2) is 6.96. The van der Waals surface area contributed by atoms with Gasteiger partial charge in [0.1, 0.15) is 6.04 Å². The topological polar surface area (TPSA) is 68.4 Å². The minimum absolute atomic E-state index is 0.123. The first kappa shape index (κ1) is 18.0. The predicted octanol–water partition coefficient (Wildman–Crippen LogP) is 3.72. The number of carbonyl (C=O) groups excluding carboxylic acids is 1. The molecule has 142 valence electrons. The molecule has 0 aliphatic rings. The lowest BCUT2D eigenvalue weighted by atomic mass is 10.1. The molecular weight excluding hydrogens is 352 g/mol. The number of aryl methyl sites for hydroxylation is 2. The Morgan fingerprint density at radius 3 is 2.64 bits per heavy atom. The Bertz CT molecular complexity index is 1250. The Kier molecular flexibility index (Phi) is 4.47. The summed E-state index contributed by atoms with van der Waals surface area (Å²) in [5, 5.41) is 3.90. The number of anilines is 1. The van der Waals surface area contributed by atoms with E-state index in [1.54, 1.807) is 0 Å². The van der Waals surface area contributed by atoms with Crippen LogP contribution in [-0.4, -0.2) is 20.1 Å². The van der Waals surface area contributed by atoms with Crippen molar-refractivity contribution in [2.45, 2.75) is 33.2 Å². The number of hydrogen-bond acceptors (Lipinski definition) is 3. The minimum Gasteiger partial charge on any atom is -0.324 e. The molecule has 4 rings (SSSR count). The van der Waals surface area contributed by atoms with E-state index in [4.69, 9.17) is 0 Å². The van der Waals surface area contributed by atoms with Crippen LogP contribution in [0.25, 0.3) is 16.6 Å². The van der Waals surface area contributed by atoms with Crippen molar-refractivity contribution in [3.8, 4) is 0 Å². The molecule has 2 aromatic carbocycles. The van der Waals surface area contributed by atoms with Gasteiger partial charge in [0, 0.05) is 22.8 Å². The van der Waals surface area contributed by atoms with Gasteiger partial charge in [-0.2, -0.15) is 4.98 Å². The summed E-state index contributed by atoms with van der Waals surface area (Å²) in [6, 6.07) is 16.5. The van der Waals surface area contributed by atoms with Crippen LogP contribution in [0.1, 0.15) is 31.1 Å². The minimum atomic E-state index is -0.504. The van der Waals surface area contributed by atoms with Gasteiger partial charge < -0.3 is 5.32 Å². The molecule has 1 N–H and O–H groups in total. The van der Waals surface area contributed by atoms with Gasteiger partial charge in [0.15, 0.2) is 5.65 Å². The molecule has 0 saturated carbocycles. The molecule has 0 radical (unpaired) electrons. The van der Waals surface area contributed by atoms with Crippen molar-refractivity contribution < 1.29 is 4.79 Å². The Hall–Kier alpha value is -3.41. The van der Waals surface area contributed by atoms with E-state index in [2.05, 4.69) is 17.2 Å². The number of carbonyl (C=O) groups is 1. The number of fused-ring (bicyclic) bond motifs is 3. The zero-order valence-corrected chi connectivity index (χ0v) is 16.1. The number of para-hydroxylation sites is 2. The Balaban J connectivity index is 1.85. The summed E-state index contributed by atoms with van der Waals surface area (Å²) in [5.74, 6) is -0.123. The maximum atomic E-state index is 13.1. The van der Waals surface area contributed by atoms with Crippen LogP contribution in [0.4, 0.5) is 5.69 Å². The molecule has 4 aromatic rings. The molecule has 0 aliphatic heterocycles. The molecule has 6 heteroatoms. The van der Waals surface area contributed by atoms with Crippen molar-refractivity contribution in [3.63, 3.8) is 0 Å².